The molecule has 0 aliphatic carbocycles. The van der Waals surface area contributed by atoms with E-state index in [1.54, 1.807) is 6.92 Å². The lowest BCUT2D eigenvalue weighted by molar-refractivity contribution is -0.384. The Bertz CT molecular complexity index is 700. The molecule has 2 aromatic rings. The molecule has 0 heterocycles. The van der Waals surface area contributed by atoms with Crippen LogP contribution >= 0.6 is 11.6 Å². The molecule has 0 bridgehead atoms. The van der Waals surface area contributed by atoms with Crippen molar-refractivity contribution in [1.29, 1.82) is 0 Å². The van der Waals surface area contributed by atoms with Gasteiger partial charge in [0.05, 0.1) is 15.5 Å². The average Bonchev–Trinajstić information content (AvgIpc) is 2.48. The smallest absolute Gasteiger partial charge is 0.337 e. The maximum Gasteiger partial charge on any atom is 0.337 e. The molecule has 0 aliphatic heterocycles. The van der Waals surface area contributed by atoms with E-state index in [0.717, 1.165) is 23.8 Å². The van der Waals surface area contributed by atoms with E-state index < -0.39 is 10.9 Å². The SMILES string of the molecule is CC(=O)c1ccccc1.O=C(O)c1ccc([N+](=O)[O-])cc1Cl. The van der Waals surface area contributed by atoms with Gasteiger partial charge >= 0.3 is 5.97 Å². The van der Waals surface area contributed by atoms with Crippen molar-refractivity contribution in [2.45, 2.75) is 6.92 Å². The van der Waals surface area contributed by atoms with Gasteiger partial charge in [-0.3, -0.25) is 14.9 Å². The van der Waals surface area contributed by atoms with E-state index in [1.807, 2.05) is 30.3 Å². The minimum absolute atomic E-state index is 0.121. The van der Waals surface area contributed by atoms with Crippen LogP contribution in [0.3, 0.4) is 0 Å². The normalized spacial score (nSPS) is 9.36. The van der Waals surface area contributed by atoms with Crippen LogP contribution in [-0.2, 0) is 0 Å². The molecule has 2 aromatic carbocycles. The predicted octanol–water partition coefficient (Wildman–Crippen LogP) is 3.84. The zero-order valence-electron chi connectivity index (χ0n) is 11.5. The van der Waals surface area contributed by atoms with Gasteiger partial charge in [-0.25, -0.2) is 4.79 Å². The van der Waals surface area contributed by atoms with Gasteiger partial charge in [0.15, 0.2) is 5.78 Å². The molecule has 0 aliphatic rings. The molecule has 2 rings (SSSR count). The summed E-state index contributed by atoms with van der Waals surface area (Å²) in [5.41, 5.74) is 0.403. The van der Waals surface area contributed by atoms with Gasteiger partial charge in [-0.05, 0) is 13.0 Å². The lowest BCUT2D eigenvalue weighted by Crippen LogP contribution is -1.98. The molecule has 6 nitrogen and oxygen atoms in total. The average molecular weight is 322 g/mol. The largest absolute Gasteiger partial charge is 0.478 e. The Hall–Kier alpha value is -2.73. The number of rotatable bonds is 3. The molecule has 0 fully saturated rings. The molecule has 0 aromatic heterocycles. The second-order valence-corrected chi connectivity index (χ2v) is 4.56. The van der Waals surface area contributed by atoms with Crippen molar-refractivity contribution in [2.75, 3.05) is 0 Å². The molecule has 1 N–H and O–H groups in total. The summed E-state index contributed by atoms with van der Waals surface area (Å²) in [7, 11) is 0. The first kappa shape index (κ1) is 17.3. The van der Waals surface area contributed by atoms with Gasteiger partial charge in [0, 0.05) is 17.7 Å². The summed E-state index contributed by atoms with van der Waals surface area (Å²) in [6, 6.07) is 12.4. The summed E-state index contributed by atoms with van der Waals surface area (Å²) in [6.45, 7) is 1.56. The van der Waals surface area contributed by atoms with Gasteiger partial charge in [-0.2, -0.15) is 0 Å². The van der Waals surface area contributed by atoms with Crippen molar-refractivity contribution in [2.24, 2.45) is 0 Å². The minimum atomic E-state index is -1.21. The maximum atomic E-state index is 10.6. The number of Topliss-reactive ketones (excluding diaryl/α,β-unsaturated/α-hetero) is 1. The highest BCUT2D eigenvalue weighted by molar-refractivity contribution is 6.33. The van der Waals surface area contributed by atoms with Gasteiger partial charge < -0.3 is 5.11 Å². The van der Waals surface area contributed by atoms with Crippen LogP contribution in [0.15, 0.2) is 48.5 Å². The summed E-state index contributed by atoms with van der Waals surface area (Å²) in [5.74, 6) is -1.09. The van der Waals surface area contributed by atoms with Gasteiger partial charge in [0.1, 0.15) is 0 Å². The zero-order valence-corrected chi connectivity index (χ0v) is 12.3. The Morgan fingerprint density at radius 2 is 1.73 bits per heavy atom. The van der Waals surface area contributed by atoms with E-state index in [-0.39, 0.29) is 22.1 Å². The van der Waals surface area contributed by atoms with E-state index in [2.05, 4.69) is 0 Å². The van der Waals surface area contributed by atoms with Crippen LogP contribution in [0.1, 0.15) is 27.6 Å². The van der Waals surface area contributed by atoms with E-state index in [1.165, 1.54) is 0 Å². The highest BCUT2D eigenvalue weighted by Gasteiger charge is 2.13. The summed E-state index contributed by atoms with van der Waals surface area (Å²) < 4.78 is 0. The highest BCUT2D eigenvalue weighted by Crippen LogP contribution is 2.22. The van der Waals surface area contributed by atoms with Crippen molar-refractivity contribution < 1.29 is 19.6 Å². The number of non-ortho nitro benzene ring substituents is 1. The number of nitro benzene ring substituents is 1. The summed E-state index contributed by atoms with van der Waals surface area (Å²) in [4.78, 5) is 30.7. The molecule has 0 radical (unpaired) electrons. The van der Waals surface area contributed by atoms with Crippen LogP contribution in [-0.4, -0.2) is 21.8 Å². The third-order valence-electron chi connectivity index (χ3n) is 2.57. The molecular weight excluding hydrogens is 310 g/mol. The van der Waals surface area contributed by atoms with Crippen molar-refractivity contribution in [1.82, 2.24) is 0 Å². The predicted molar refractivity (Wildman–Crippen MR) is 81.5 cm³/mol. The Balaban J connectivity index is 0.000000235. The lowest BCUT2D eigenvalue weighted by Gasteiger charge is -1.97. The number of benzene rings is 2. The van der Waals surface area contributed by atoms with E-state index in [4.69, 9.17) is 16.7 Å². The lowest BCUT2D eigenvalue weighted by atomic mass is 10.2. The van der Waals surface area contributed by atoms with E-state index in [0.29, 0.717) is 0 Å². The minimum Gasteiger partial charge on any atom is -0.478 e. The molecule has 0 spiro atoms. The Kier molecular flexibility index (Phi) is 6.22. The Morgan fingerprint density at radius 3 is 2.09 bits per heavy atom. The van der Waals surface area contributed by atoms with Crippen LogP contribution in [0, 0.1) is 10.1 Å². The second-order valence-electron chi connectivity index (χ2n) is 4.15. The number of nitrogens with zero attached hydrogens (tertiary/aromatic N) is 1. The zero-order chi connectivity index (χ0) is 16.7. The molecule has 0 saturated carbocycles. The van der Waals surface area contributed by atoms with Gasteiger partial charge in [0.2, 0.25) is 0 Å². The fraction of sp³-hybridized carbons (Fsp3) is 0.0667. The number of hydrogen-bond donors (Lipinski definition) is 1. The monoisotopic (exact) mass is 321 g/mol. The summed E-state index contributed by atoms with van der Waals surface area (Å²) >= 11 is 5.48. The number of hydrogen-bond acceptors (Lipinski definition) is 4. The molecule has 7 heteroatoms. The molecular formula is C15H12ClNO5. The van der Waals surface area contributed by atoms with Crippen LogP contribution in [0.5, 0.6) is 0 Å². The third kappa shape index (κ3) is 4.99. The van der Waals surface area contributed by atoms with Gasteiger partial charge in [-0.15, -0.1) is 0 Å². The fourth-order valence-electron chi connectivity index (χ4n) is 1.46. The van der Waals surface area contributed by atoms with Crippen molar-refractivity contribution in [3.05, 3.63) is 74.8 Å². The quantitative estimate of drug-likeness (QED) is 0.526. The Morgan fingerprint density at radius 1 is 1.14 bits per heavy atom. The number of nitro groups is 1. The first-order valence-corrected chi connectivity index (χ1v) is 6.44. The number of aromatic carboxylic acids is 1. The standard InChI is InChI=1S/C8H8O.C7H4ClNO4/c1-7(9)8-5-3-2-4-6-8;8-6-3-4(9(12)13)1-2-5(6)7(10)11/h2-6H,1H3;1-3H,(H,10,11). The Labute approximate surface area is 131 Å². The molecule has 22 heavy (non-hydrogen) atoms. The number of carbonyl (C=O) groups excluding carboxylic acids is 1. The number of halogens is 1. The summed E-state index contributed by atoms with van der Waals surface area (Å²) in [6.07, 6.45) is 0. The topological polar surface area (TPSA) is 97.5 Å². The molecule has 0 atom stereocenters. The van der Waals surface area contributed by atoms with E-state index >= 15 is 0 Å². The first-order valence-electron chi connectivity index (χ1n) is 6.06. The number of carboxylic acids is 1. The number of ketones is 1. The van der Waals surface area contributed by atoms with Crippen molar-refractivity contribution in [3.63, 3.8) is 0 Å². The van der Waals surface area contributed by atoms with Crippen molar-refractivity contribution >= 4 is 29.0 Å². The van der Waals surface area contributed by atoms with Gasteiger partial charge in [-0.1, -0.05) is 41.9 Å². The van der Waals surface area contributed by atoms with E-state index in [9.17, 15) is 19.7 Å². The molecule has 114 valence electrons. The maximum absolute atomic E-state index is 10.6. The van der Waals surface area contributed by atoms with Crippen LogP contribution < -0.4 is 0 Å². The van der Waals surface area contributed by atoms with Crippen LogP contribution in [0.4, 0.5) is 5.69 Å². The molecule has 0 saturated heterocycles. The van der Waals surface area contributed by atoms with Gasteiger partial charge in [0.25, 0.3) is 5.69 Å². The first-order chi connectivity index (χ1) is 10.3. The number of carbonyl (C=O) groups is 2. The summed E-state index contributed by atoms with van der Waals surface area (Å²) in [5, 5.41) is 18.6. The van der Waals surface area contributed by atoms with Crippen LogP contribution in [0.25, 0.3) is 0 Å². The molecule has 0 amide bonds. The fourth-order valence-corrected chi connectivity index (χ4v) is 1.72. The second kappa shape index (κ2) is 7.90. The molecule has 0 unspecified atom stereocenters. The third-order valence-corrected chi connectivity index (χ3v) is 2.89. The highest BCUT2D eigenvalue weighted by atomic mass is 35.5. The van der Waals surface area contributed by atoms with Crippen molar-refractivity contribution in [3.8, 4) is 0 Å². The number of carboxylic acid groups (broad SMARTS) is 1. The van der Waals surface area contributed by atoms with Crippen LogP contribution in [0.2, 0.25) is 5.02 Å².